The summed E-state index contributed by atoms with van der Waals surface area (Å²) in [6, 6.07) is 8.24. The highest BCUT2D eigenvalue weighted by Gasteiger charge is 2.10. The number of rotatable bonds is 4. The Morgan fingerprint density at radius 3 is 2.50 bits per heavy atom. The molecule has 0 radical (unpaired) electrons. The van der Waals surface area contributed by atoms with Gasteiger partial charge in [0.05, 0.1) is 7.11 Å². The summed E-state index contributed by atoms with van der Waals surface area (Å²) < 4.78 is 5.27. The fourth-order valence-corrected chi connectivity index (χ4v) is 1.36. The van der Waals surface area contributed by atoms with Crippen molar-refractivity contribution in [3.8, 4) is 5.75 Å². The molecule has 0 aromatic heterocycles. The lowest BCUT2D eigenvalue weighted by Crippen LogP contribution is -2.28. The van der Waals surface area contributed by atoms with Gasteiger partial charge in [0.25, 0.3) is 0 Å². The van der Waals surface area contributed by atoms with Gasteiger partial charge in [-0.25, -0.2) is 0 Å². The first-order valence-electron chi connectivity index (χ1n) is 5.02. The van der Waals surface area contributed by atoms with Crippen LogP contribution in [0.5, 0.6) is 5.75 Å². The third-order valence-electron chi connectivity index (χ3n) is 2.50. The summed E-state index contributed by atoms with van der Waals surface area (Å²) in [6.45, 7) is 4.28. The summed E-state index contributed by atoms with van der Waals surface area (Å²) in [4.78, 5) is 0. The van der Waals surface area contributed by atoms with Crippen LogP contribution >= 0.6 is 0 Å². The molecule has 1 aromatic carbocycles. The first-order valence-corrected chi connectivity index (χ1v) is 5.02. The van der Waals surface area contributed by atoms with Crippen molar-refractivity contribution in [3.05, 3.63) is 29.8 Å². The largest absolute Gasteiger partial charge is 0.496 e. The maximum Gasteiger partial charge on any atom is 0.122 e. The maximum absolute atomic E-state index is 6.02. The molecule has 1 rings (SSSR count). The van der Waals surface area contributed by atoms with E-state index in [-0.39, 0.29) is 6.04 Å². The van der Waals surface area contributed by atoms with Crippen molar-refractivity contribution in [3.63, 3.8) is 0 Å². The molecule has 0 heterocycles. The molecule has 0 aliphatic rings. The lowest BCUT2D eigenvalue weighted by atomic mass is 9.97. The molecule has 1 atom stereocenters. The lowest BCUT2D eigenvalue weighted by molar-refractivity contribution is 0.403. The molecule has 2 nitrogen and oxygen atoms in total. The van der Waals surface area contributed by atoms with Crippen molar-refractivity contribution in [1.82, 2.24) is 0 Å². The van der Waals surface area contributed by atoms with Gasteiger partial charge in [-0.1, -0.05) is 32.0 Å². The summed E-state index contributed by atoms with van der Waals surface area (Å²) in [5, 5.41) is 0. The normalized spacial score (nSPS) is 12.9. The molecule has 2 heteroatoms. The monoisotopic (exact) mass is 193 g/mol. The molecule has 0 aliphatic carbocycles. The van der Waals surface area contributed by atoms with E-state index in [0.29, 0.717) is 5.92 Å². The van der Waals surface area contributed by atoms with Gasteiger partial charge in [-0.2, -0.15) is 0 Å². The number of hydrogen-bond donors (Lipinski definition) is 1. The lowest BCUT2D eigenvalue weighted by Gasteiger charge is -2.17. The van der Waals surface area contributed by atoms with Crippen LogP contribution in [0.4, 0.5) is 0 Å². The number of nitrogens with two attached hydrogens (primary N) is 1. The molecule has 0 spiro atoms. The van der Waals surface area contributed by atoms with Crippen LogP contribution in [0.25, 0.3) is 0 Å². The molecule has 0 aliphatic heterocycles. The van der Waals surface area contributed by atoms with Crippen LogP contribution in [0.3, 0.4) is 0 Å². The van der Waals surface area contributed by atoms with E-state index in [1.807, 2.05) is 18.2 Å². The number of ether oxygens (including phenoxy) is 1. The minimum Gasteiger partial charge on any atom is -0.496 e. The topological polar surface area (TPSA) is 35.2 Å². The predicted molar refractivity (Wildman–Crippen MR) is 59.5 cm³/mol. The van der Waals surface area contributed by atoms with Gasteiger partial charge in [-0.3, -0.25) is 0 Å². The van der Waals surface area contributed by atoms with E-state index >= 15 is 0 Å². The van der Waals surface area contributed by atoms with Gasteiger partial charge < -0.3 is 10.5 Å². The van der Waals surface area contributed by atoms with Gasteiger partial charge in [-0.15, -0.1) is 0 Å². The smallest absolute Gasteiger partial charge is 0.122 e. The van der Waals surface area contributed by atoms with Gasteiger partial charge in [-0.05, 0) is 24.0 Å². The van der Waals surface area contributed by atoms with Crippen LogP contribution in [0, 0.1) is 5.92 Å². The van der Waals surface area contributed by atoms with Crippen molar-refractivity contribution < 1.29 is 4.74 Å². The van der Waals surface area contributed by atoms with Gasteiger partial charge in [0.2, 0.25) is 0 Å². The Kier molecular flexibility index (Phi) is 3.96. The summed E-state index contributed by atoms with van der Waals surface area (Å²) >= 11 is 0. The van der Waals surface area contributed by atoms with E-state index in [9.17, 15) is 0 Å². The summed E-state index contributed by atoms with van der Waals surface area (Å²) in [6.07, 6.45) is 0.877. The highest BCUT2D eigenvalue weighted by molar-refractivity contribution is 5.33. The molecular weight excluding hydrogens is 174 g/mol. The molecule has 78 valence electrons. The maximum atomic E-state index is 6.02. The Balaban J connectivity index is 2.75. The summed E-state index contributed by atoms with van der Waals surface area (Å²) in [5.41, 5.74) is 7.21. The zero-order valence-corrected chi connectivity index (χ0v) is 9.16. The molecule has 2 N–H and O–H groups in total. The molecule has 0 amide bonds. The van der Waals surface area contributed by atoms with E-state index in [1.165, 1.54) is 5.56 Å². The van der Waals surface area contributed by atoms with Gasteiger partial charge in [0.15, 0.2) is 0 Å². The van der Waals surface area contributed by atoms with E-state index in [2.05, 4.69) is 19.9 Å². The molecule has 14 heavy (non-hydrogen) atoms. The average molecular weight is 193 g/mol. The van der Waals surface area contributed by atoms with E-state index < -0.39 is 0 Å². The zero-order valence-electron chi connectivity index (χ0n) is 9.16. The molecular formula is C12H19NO. The SMILES string of the molecule is COc1ccccc1C[C@H](N)C(C)C. The standard InChI is InChI=1S/C12H19NO/c1-9(2)11(13)8-10-6-4-5-7-12(10)14-3/h4-7,9,11H,8,13H2,1-3H3/t11-/m0/s1. The fraction of sp³-hybridized carbons (Fsp3) is 0.500. The van der Waals surface area contributed by atoms with Crippen LogP contribution in [-0.2, 0) is 6.42 Å². The van der Waals surface area contributed by atoms with Crippen LogP contribution in [0.15, 0.2) is 24.3 Å². The second kappa shape index (κ2) is 5.01. The van der Waals surface area contributed by atoms with E-state index in [0.717, 1.165) is 12.2 Å². The van der Waals surface area contributed by atoms with Crippen LogP contribution in [-0.4, -0.2) is 13.2 Å². The number of benzene rings is 1. The van der Waals surface area contributed by atoms with Crippen LogP contribution in [0.1, 0.15) is 19.4 Å². The third kappa shape index (κ3) is 2.74. The Labute approximate surface area is 86.1 Å². The highest BCUT2D eigenvalue weighted by atomic mass is 16.5. The molecule has 0 unspecified atom stereocenters. The Morgan fingerprint density at radius 1 is 1.29 bits per heavy atom. The molecule has 0 bridgehead atoms. The molecule has 1 aromatic rings. The average Bonchev–Trinajstić information content (AvgIpc) is 2.18. The second-order valence-corrected chi connectivity index (χ2v) is 3.92. The first kappa shape index (κ1) is 11.1. The summed E-state index contributed by atoms with van der Waals surface area (Å²) in [5.74, 6) is 1.43. The number of para-hydroxylation sites is 1. The van der Waals surface area contributed by atoms with Crippen molar-refractivity contribution in [1.29, 1.82) is 0 Å². The van der Waals surface area contributed by atoms with E-state index in [4.69, 9.17) is 10.5 Å². The number of hydrogen-bond acceptors (Lipinski definition) is 2. The van der Waals surface area contributed by atoms with Crippen molar-refractivity contribution in [2.75, 3.05) is 7.11 Å². The van der Waals surface area contributed by atoms with Gasteiger partial charge >= 0.3 is 0 Å². The molecule has 0 fully saturated rings. The second-order valence-electron chi connectivity index (χ2n) is 3.92. The molecule has 0 saturated heterocycles. The van der Waals surface area contributed by atoms with Crippen molar-refractivity contribution in [2.24, 2.45) is 11.7 Å². The Morgan fingerprint density at radius 2 is 1.93 bits per heavy atom. The third-order valence-corrected chi connectivity index (χ3v) is 2.50. The van der Waals surface area contributed by atoms with E-state index in [1.54, 1.807) is 7.11 Å². The van der Waals surface area contributed by atoms with Crippen molar-refractivity contribution in [2.45, 2.75) is 26.3 Å². The quantitative estimate of drug-likeness (QED) is 0.795. The number of methoxy groups -OCH3 is 1. The fourth-order valence-electron chi connectivity index (χ4n) is 1.36. The Hall–Kier alpha value is -1.02. The minimum atomic E-state index is 0.200. The highest BCUT2D eigenvalue weighted by Crippen LogP contribution is 2.19. The molecule has 0 saturated carbocycles. The van der Waals surface area contributed by atoms with Crippen LogP contribution < -0.4 is 10.5 Å². The van der Waals surface area contributed by atoms with Crippen molar-refractivity contribution >= 4 is 0 Å². The minimum absolute atomic E-state index is 0.200. The summed E-state index contributed by atoms with van der Waals surface area (Å²) in [7, 11) is 1.69. The Bertz CT molecular complexity index is 283. The van der Waals surface area contributed by atoms with Gasteiger partial charge in [0.1, 0.15) is 5.75 Å². The van der Waals surface area contributed by atoms with Gasteiger partial charge in [0, 0.05) is 6.04 Å². The first-order chi connectivity index (χ1) is 6.65. The zero-order chi connectivity index (χ0) is 10.6. The predicted octanol–water partition coefficient (Wildman–Crippen LogP) is 2.22. The van der Waals surface area contributed by atoms with Crippen LogP contribution in [0.2, 0.25) is 0 Å².